The van der Waals surface area contributed by atoms with Crippen LogP contribution in [0.3, 0.4) is 0 Å². The molecule has 0 spiro atoms. The number of hydrogen-bond donors (Lipinski definition) is 2. The molecule has 1 aromatic heterocycles. The number of pyridine rings is 1. The molecule has 2 N–H and O–H groups in total. The minimum Gasteiger partial charge on any atom is -0.388 e. The van der Waals surface area contributed by atoms with Crippen LogP contribution < -0.4 is 5.32 Å². The van der Waals surface area contributed by atoms with E-state index in [0.717, 1.165) is 31.4 Å². The Bertz CT molecular complexity index is 521. The lowest BCUT2D eigenvalue weighted by molar-refractivity contribution is -0.0145. The fourth-order valence-electron chi connectivity index (χ4n) is 2.65. The molecular formula is C16H23N3O. The van der Waals surface area contributed by atoms with Crippen LogP contribution in [-0.4, -0.2) is 22.2 Å². The third kappa shape index (κ3) is 3.71. The summed E-state index contributed by atoms with van der Waals surface area (Å²) in [5.74, 6) is 0.666. The van der Waals surface area contributed by atoms with Crippen LogP contribution in [0.4, 0.5) is 5.82 Å². The molecule has 0 atom stereocenters. The summed E-state index contributed by atoms with van der Waals surface area (Å²) in [7, 11) is 0. The highest BCUT2D eigenvalue weighted by atomic mass is 16.3. The van der Waals surface area contributed by atoms with E-state index in [9.17, 15) is 5.11 Å². The molecule has 0 unspecified atom stereocenters. The second kappa shape index (κ2) is 5.41. The molecule has 0 amide bonds. The van der Waals surface area contributed by atoms with Gasteiger partial charge < -0.3 is 10.4 Å². The SMILES string of the molecule is Cc1cc(C#N)cc(NCC2(O)CCC(C)(C)CC2)n1. The normalized spacial score (nSPS) is 20.1. The molecule has 4 nitrogen and oxygen atoms in total. The molecule has 1 saturated carbocycles. The maximum atomic E-state index is 10.6. The number of aryl methyl sites for hydroxylation is 1. The van der Waals surface area contributed by atoms with Gasteiger partial charge >= 0.3 is 0 Å². The van der Waals surface area contributed by atoms with Gasteiger partial charge in [-0.2, -0.15) is 5.26 Å². The first-order valence-electron chi connectivity index (χ1n) is 7.17. The minimum atomic E-state index is -0.659. The van der Waals surface area contributed by atoms with E-state index in [1.165, 1.54) is 0 Å². The zero-order chi connectivity index (χ0) is 14.8. The third-order valence-electron chi connectivity index (χ3n) is 4.22. The quantitative estimate of drug-likeness (QED) is 0.888. The molecule has 2 rings (SSSR count). The van der Waals surface area contributed by atoms with Gasteiger partial charge in [0, 0.05) is 12.2 Å². The zero-order valence-corrected chi connectivity index (χ0v) is 12.5. The van der Waals surface area contributed by atoms with Crippen molar-refractivity contribution in [1.29, 1.82) is 5.26 Å². The van der Waals surface area contributed by atoms with E-state index in [4.69, 9.17) is 5.26 Å². The maximum Gasteiger partial charge on any atom is 0.127 e. The third-order valence-corrected chi connectivity index (χ3v) is 4.22. The molecule has 0 aliphatic heterocycles. The summed E-state index contributed by atoms with van der Waals surface area (Å²) in [5, 5.41) is 22.7. The number of nitrogens with one attached hydrogen (secondary N) is 1. The summed E-state index contributed by atoms with van der Waals surface area (Å²) in [5.41, 5.74) is 1.08. The summed E-state index contributed by atoms with van der Waals surface area (Å²) in [6, 6.07) is 5.60. The van der Waals surface area contributed by atoms with E-state index in [0.29, 0.717) is 23.3 Å². The second-order valence-electron chi connectivity index (χ2n) is 6.74. The van der Waals surface area contributed by atoms with Crippen molar-refractivity contribution in [3.8, 4) is 6.07 Å². The lowest BCUT2D eigenvalue weighted by Gasteiger charge is -2.40. The van der Waals surface area contributed by atoms with E-state index < -0.39 is 5.60 Å². The molecule has 0 bridgehead atoms. The number of hydrogen-bond acceptors (Lipinski definition) is 4. The Labute approximate surface area is 120 Å². The monoisotopic (exact) mass is 273 g/mol. The molecule has 0 aromatic carbocycles. The van der Waals surface area contributed by atoms with Gasteiger partial charge in [0.25, 0.3) is 0 Å². The molecule has 4 heteroatoms. The van der Waals surface area contributed by atoms with Gasteiger partial charge in [-0.25, -0.2) is 4.98 Å². The topological polar surface area (TPSA) is 68.9 Å². The first kappa shape index (κ1) is 14.8. The Balaban J connectivity index is 1.99. The minimum absolute atomic E-state index is 0.335. The summed E-state index contributed by atoms with van der Waals surface area (Å²) < 4.78 is 0. The molecule has 0 saturated heterocycles. The van der Waals surface area contributed by atoms with Crippen LogP contribution in [0.5, 0.6) is 0 Å². The van der Waals surface area contributed by atoms with Gasteiger partial charge in [-0.1, -0.05) is 13.8 Å². The van der Waals surface area contributed by atoms with E-state index in [2.05, 4.69) is 30.2 Å². The highest BCUT2D eigenvalue weighted by molar-refractivity contribution is 5.44. The van der Waals surface area contributed by atoms with Crippen molar-refractivity contribution in [1.82, 2.24) is 4.98 Å². The smallest absolute Gasteiger partial charge is 0.127 e. The number of anilines is 1. The van der Waals surface area contributed by atoms with Crippen molar-refractivity contribution in [2.45, 2.75) is 52.1 Å². The summed E-state index contributed by atoms with van der Waals surface area (Å²) >= 11 is 0. The van der Waals surface area contributed by atoms with Crippen molar-refractivity contribution in [3.05, 3.63) is 23.4 Å². The molecular weight excluding hydrogens is 250 g/mol. The summed E-state index contributed by atoms with van der Waals surface area (Å²) in [6.45, 7) is 6.86. The van der Waals surface area contributed by atoms with E-state index in [-0.39, 0.29) is 0 Å². The Morgan fingerprint density at radius 2 is 1.95 bits per heavy atom. The lowest BCUT2D eigenvalue weighted by Crippen LogP contribution is -2.42. The van der Waals surface area contributed by atoms with Crippen LogP contribution >= 0.6 is 0 Å². The van der Waals surface area contributed by atoms with Gasteiger partial charge in [-0.05, 0) is 50.2 Å². The Morgan fingerprint density at radius 3 is 2.55 bits per heavy atom. The van der Waals surface area contributed by atoms with Crippen LogP contribution in [0.1, 0.15) is 50.8 Å². The van der Waals surface area contributed by atoms with Gasteiger partial charge in [0.2, 0.25) is 0 Å². The predicted molar refractivity (Wildman–Crippen MR) is 79.4 cm³/mol. The van der Waals surface area contributed by atoms with Gasteiger partial charge in [0.05, 0.1) is 17.2 Å². The Hall–Kier alpha value is -1.60. The van der Waals surface area contributed by atoms with Gasteiger partial charge in [0.1, 0.15) is 5.82 Å². The van der Waals surface area contributed by atoms with Crippen LogP contribution in [0.2, 0.25) is 0 Å². The molecule has 108 valence electrons. The van der Waals surface area contributed by atoms with Gasteiger partial charge in [-0.3, -0.25) is 0 Å². The summed E-state index contributed by atoms with van der Waals surface area (Å²) in [6.07, 6.45) is 3.69. The van der Waals surface area contributed by atoms with E-state index in [1.54, 1.807) is 12.1 Å². The van der Waals surface area contributed by atoms with Crippen molar-refractivity contribution < 1.29 is 5.11 Å². The number of aliphatic hydroxyl groups is 1. The number of nitrogens with zero attached hydrogens (tertiary/aromatic N) is 2. The van der Waals surface area contributed by atoms with E-state index >= 15 is 0 Å². The number of aromatic nitrogens is 1. The molecule has 1 aliphatic carbocycles. The number of rotatable bonds is 3. The number of nitriles is 1. The fraction of sp³-hybridized carbons (Fsp3) is 0.625. The average molecular weight is 273 g/mol. The van der Waals surface area contributed by atoms with Crippen LogP contribution in [0.15, 0.2) is 12.1 Å². The zero-order valence-electron chi connectivity index (χ0n) is 12.5. The fourth-order valence-corrected chi connectivity index (χ4v) is 2.65. The average Bonchev–Trinajstić information content (AvgIpc) is 2.40. The van der Waals surface area contributed by atoms with Crippen molar-refractivity contribution in [3.63, 3.8) is 0 Å². The molecule has 1 aromatic rings. The standard InChI is InChI=1S/C16H23N3O/c1-12-8-13(10-17)9-14(19-12)18-11-16(20)6-4-15(2,3)5-7-16/h8-9,20H,4-7,11H2,1-3H3,(H,18,19). The Kier molecular flexibility index (Phi) is 4.01. The highest BCUT2D eigenvalue weighted by Gasteiger charge is 2.36. The van der Waals surface area contributed by atoms with Crippen molar-refractivity contribution >= 4 is 5.82 Å². The lowest BCUT2D eigenvalue weighted by atomic mass is 9.71. The predicted octanol–water partition coefficient (Wildman–Crippen LogP) is 3.00. The van der Waals surface area contributed by atoms with Crippen molar-refractivity contribution in [2.75, 3.05) is 11.9 Å². The Morgan fingerprint density at radius 1 is 1.30 bits per heavy atom. The maximum absolute atomic E-state index is 10.6. The highest BCUT2D eigenvalue weighted by Crippen LogP contribution is 2.40. The molecule has 1 heterocycles. The van der Waals surface area contributed by atoms with Gasteiger partial charge in [-0.15, -0.1) is 0 Å². The molecule has 1 fully saturated rings. The van der Waals surface area contributed by atoms with E-state index in [1.807, 2.05) is 6.92 Å². The van der Waals surface area contributed by atoms with Crippen LogP contribution in [-0.2, 0) is 0 Å². The summed E-state index contributed by atoms with van der Waals surface area (Å²) in [4.78, 5) is 4.35. The largest absolute Gasteiger partial charge is 0.388 e. The molecule has 0 radical (unpaired) electrons. The molecule has 20 heavy (non-hydrogen) atoms. The van der Waals surface area contributed by atoms with Gasteiger partial charge in [0.15, 0.2) is 0 Å². The van der Waals surface area contributed by atoms with Crippen LogP contribution in [0, 0.1) is 23.7 Å². The first-order chi connectivity index (χ1) is 9.32. The van der Waals surface area contributed by atoms with Crippen LogP contribution in [0.25, 0.3) is 0 Å². The van der Waals surface area contributed by atoms with Crippen molar-refractivity contribution in [2.24, 2.45) is 5.41 Å². The first-order valence-corrected chi connectivity index (χ1v) is 7.17. The second-order valence-corrected chi connectivity index (χ2v) is 6.74. The molecule has 1 aliphatic rings.